The van der Waals surface area contributed by atoms with E-state index in [-0.39, 0.29) is 4.90 Å². The lowest BCUT2D eigenvalue weighted by Gasteiger charge is -2.35. The summed E-state index contributed by atoms with van der Waals surface area (Å²) in [5, 5.41) is 0.469. The molecule has 0 atom stereocenters. The van der Waals surface area contributed by atoms with Gasteiger partial charge in [0.05, 0.1) is 4.90 Å². The van der Waals surface area contributed by atoms with Crippen LogP contribution in [0.4, 0.5) is 11.8 Å². The summed E-state index contributed by atoms with van der Waals surface area (Å²) < 4.78 is 27.6. The number of piperazine rings is 1. The highest BCUT2D eigenvalue weighted by Crippen LogP contribution is 2.25. The molecule has 4 rings (SSSR count). The van der Waals surface area contributed by atoms with Gasteiger partial charge in [-0.05, 0) is 50.8 Å². The van der Waals surface area contributed by atoms with Crippen LogP contribution in [0.5, 0.6) is 0 Å². The Morgan fingerprint density at radius 3 is 2.23 bits per heavy atom. The van der Waals surface area contributed by atoms with E-state index >= 15 is 0 Å². The van der Waals surface area contributed by atoms with E-state index < -0.39 is 10.0 Å². The molecule has 0 N–H and O–H groups in total. The van der Waals surface area contributed by atoms with Crippen molar-refractivity contribution in [3.8, 4) is 0 Å². The van der Waals surface area contributed by atoms with E-state index in [4.69, 9.17) is 16.6 Å². The highest BCUT2D eigenvalue weighted by molar-refractivity contribution is 7.89. The molecule has 7 nitrogen and oxygen atoms in total. The zero-order chi connectivity index (χ0) is 21.3. The van der Waals surface area contributed by atoms with Gasteiger partial charge in [-0.3, -0.25) is 0 Å². The minimum atomic E-state index is -3.56. The second kappa shape index (κ2) is 8.69. The number of hydrogen-bond acceptors (Lipinski definition) is 6. The molecule has 1 aromatic carbocycles. The van der Waals surface area contributed by atoms with Crippen LogP contribution in [0.2, 0.25) is 5.02 Å². The average molecular weight is 450 g/mol. The lowest BCUT2D eigenvalue weighted by Crippen LogP contribution is -2.49. The average Bonchev–Trinajstić information content (AvgIpc) is 2.76. The summed E-state index contributed by atoms with van der Waals surface area (Å²) in [6, 6.07) is 6.90. The van der Waals surface area contributed by atoms with Crippen LogP contribution < -0.4 is 9.80 Å². The summed E-state index contributed by atoms with van der Waals surface area (Å²) in [7, 11) is -3.56. The van der Waals surface area contributed by atoms with Crippen LogP contribution in [0.3, 0.4) is 0 Å². The van der Waals surface area contributed by atoms with Gasteiger partial charge in [0.2, 0.25) is 16.0 Å². The normalized spacial score (nSPS) is 18.6. The van der Waals surface area contributed by atoms with Gasteiger partial charge in [-0.1, -0.05) is 17.7 Å². The molecule has 30 heavy (non-hydrogen) atoms. The smallest absolute Gasteiger partial charge is 0.243 e. The first kappa shape index (κ1) is 21.3. The zero-order valence-electron chi connectivity index (χ0n) is 17.5. The number of halogens is 1. The van der Waals surface area contributed by atoms with Crippen LogP contribution in [-0.2, 0) is 10.0 Å². The van der Waals surface area contributed by atoms with Crippen molar-refractivity contribution in [2.45, 2.75) is 38.0 Å². The number of nitrogens with zero attached hydrogens (tertiary/aromatic N) is 5. The second-order valence-corrected chi connectivity index (χ2v) is 10.4. The summed E-state index contributed by atoms with van der Waals surface area (Å²) in [6.45, 7) is 7.84. The minimum absolute atomic E-state index is 0.247. The van der Waals surface area contributed by atoms with E-state index in [0.717, 1.165) is 36.1 Å². The van der Waals surface area contributed by atoms with Crippen molar-refractivity contribution in [2.24, 2.45) is 0 Å². The van der Waals surface area contributed by atoms with E-state index in [1.807, 2.05) is 19.9 Å². The molecule has 2 fully saturated rings. The van der Waals surface area contributed by atoms with E-state index in [1.54, 1.807) is 12.1 Å². The Morgan fingerprint density at radius 1 is 0.867 bits per heavy atom. The Hall–Kier alpha value is -1.90. The first-order chi connectivity index (χ1) is 14.3. The predicted octanol–water partition coefficient (Wildman–Crippen LogP) is 3.25. The summed E-state index contributed by atoms with van der Waals surface area (Å²) in [5.41, 5.74) is 1.80. The third-order valence-corrected chi connectivity index (χ3v) is 8.11. The van der Waals surface area contributed by atoms with E-state index in [2.05, 4.69) is 14.8 Å². The highest BCUT2D eigenvalue weighted by Gasteiger charge is 2.29. The minimum Gasteiger partial charge on any atom is -0.354 e. The molecule has 0 radical (unpaired) electrons. The first-order valence-corrected chi connectivity index (χ1v) is 12.3. The topological polar surface area (TPSA) is 69.6 Å². The SMILES string of the molecule is Cc1cc(N2CCN(S(=O)(=O)c3ccc(C)c(Cl)c3)CC2)nc(N2CCCCC2)n1. The molecule has 9 heteroatoms. The molecule has 2 aliphatic heterocycles. The third-order valence-electron chi connectivity index (χ3n) is 5.81. The number of benzene rings is 1. The number of aryl methyl sites for hydroxylation is 2. The Morgan fingerprint density at radius 2 is 1.57 bits per heavy atom. The maximum Gasteiger partial charge on any atom is 0.243 e. The number of sulfonamides is 1. The molecule has 0 bridgehead atoms. The number of hydrogen-bond donors (Lipinski definition) is 0. The van der Waals surface area contributed by atoms with Crippen LogP contribution in [-0.4, -0.2) is 62.0 Å². The molecule has 162 valence electrons. The fraction of sp³-hybridized carbons (Fsp3) is 0.524. The van der Waals surface area contributed by atoms with Crippen molar-refractivity contribution in [1.82, 2.24) is 14.3 Å². The van der Waals surface area contributed by atoms with Crippen LogP contribution in [0.1, 0.15) is 30.5 Å². The van der Waals surface area contributed by atoms with Crippen LogP contribution in [0, 0.1) is 13.8 Å². The molecule has 0 amide bonds. The Kier molecular flexibility index (Phi) is 6.18. The van der Waals surface area contributed by atoms with E-state index in [1.165, 1.54) is 29.6 Å². The first-order valence-electron chi connectivity index (χ1n) is 10.5. The predicted molar refractivity (Wildman–Crippen MR) is 120 cm³/mol. The number of aromatic nitrogens is 2. The van der Waals surface area contributed by atoms with Gasteiger partial charge in [0.15, 0.2) is 0 Å². The maximum atomic E-state index is 13.0. The molecular formula is C21H28ClN5O2S. The highest BCUT2D eigenvalue weighted by atomic mass is 35.5. The lowest BCUT2D eigenvalue weighted by molar-refractivity contribution is 0.383. The summed E-state index contributed by atoms with van der Waals surface area (Å²) >= 11 is 6.15. The Bertz CT molecular complexity index is 1020. The van der Waals surface area contributed by atoms with Gasteiger partial charge in [0, 0.05) is 56.1 Å². The summed E-state index contributed by atoms with van der Waals surface area (Å²) in [5.74, 6) is 1.66. The molecule has 0 saturated carbocycles. The fourth-order valence-electron chi connectivity index (χ4n) is 3.97. The fourth-order valence-corrected chi connectivity index (χ4v) is 5.67. The summed E-state index contributed by atoms with van der Waals surface area (Å²) in [4.78, 5) is 14.1. The van der Waals surface area contributed by atoms with Crippen LogP contribution in [0.25, 0.3) is 0 Å². The second-order valence-electron chi connectivity index (χ2n) is 8.02. The maximum absolute atomic E-state index is 13.0. The Balaban J connectivity index is 1.48. The number of piperidine rings is 1. The van der Waals surface area contributed by atoms with Crippen molar-refractivity contribution in [3.05, 3.63) is 40.5 Å². The van der Waals surface area contributed by atoms with E-state index in [0.29, 0.717) is 31.2 Å². The van der Waals surface area contributed by atoms with Crippen molar-refractivity contribution in [3.63, 3.8) is 0 Å². The molecule has 0 unspecified atom stereocenters. The Labute approximate surface area is 183 Å². The lowest BCUT2D eigenvalue weighted by atomic mass is 10.1. The molecule has 0 spiro atoms. The third kappa shape index (κ3) is 4.40. The van der Waals surface area contributed by atoms with Crippen molar-refractivity contribution in [2.75, 3.05) is 49.1 Å². The van der Waals surface area contributed by atoms with Crippen molar-refractivity contribution < 1.29 is 8.42 Å². The van der Waals surface area contributed by atoms with Crippen LogP contribution >= 0.6 is 11.6 Å². The standard InChI is InChI=1S/C21H28ClN5O2S/c1-16-6-7-18(15-19(16)22)30(28,29)27-12-10-25(11-13-27)20-14-17(2)23-21(24-20)26-8-4-3-5-9-26/h6-7,14-15H,3-5,8-13H2,1-2H3. The van der Waals surface area contributed by atoms with Gasteiger partial charge >= 0.3 is 0 Å². The van der Waals surface area contributed by atoms with Crippen molar-refractivity contribution in [1.29, 1.82) is 0 Å². The molecule has 2 saturated heterocycles. The molecule has 2 aliphatic rings. The van der Waals surface area contributed by atoms with Gasteiger partial charge in [0.25, 0.3) is 0 Å². The summed E-state index contributed by atoms with van der Waals surface area (Å²) in [6.07, 6.45) is 3.61. The molecule has 1 aromatic heterocycles. The van der Waals surface area contributed by atoms with Crippen molar-refractivity contribution >= 4 is 33.4 Å². The largest absolute Gasteiger partial charge is 0.354 e. The zero-order valence-corrected chi connectivity index (χ0v) is 19.1. The van der Waals surface area contributed by atoms with Gasteiger partial charge in [-0.2, -0.15) is 9.29 Å². The number of rotatable bonds is 4. The molecule has 2 aromatic rings. The van der Waals surface area contributed by atoms with Gasteiger partial charge < -0.3 is 9.80 Å². The van der Waals surface area contributed by atoms with E-state index in [9.17, 15) is 8.42 Å². The molecular weight excluding hydrogens is 422 g/mol. The number of anilines is 2. The van der Waals surface area contributed by atoms with Gasteiger partial charge in [-0.25, -0.2) is 13.4 Å². The van der Waals surface area contributed by atoms with Gasteiger partial charge in [0.1, 0.15) is 5.82 Å². The quantitative estimate of drug-likeness (QED) is 0.713. The molecule has 0 aliphatic carbocycles. The van der Waals surface area contributed by atoms with Gasteiger partial charge in [-0.15, -0.1) is 0 Å². The molecule has 3 heterocycles. The van der Waals surface area contributed by atoms with Crippen LogP contribution in [0.15, 0.2) is 29.2 Å². The monoisotopic (exact) mass is 449 g/mol.